The van der Waals surface area contributed by atoms with Crippen LogP contribution in [-0.4, -0.2) is 40.0 Å². The molecule has 0 fully saturated rings. The van der Waals surface area contributed by atoms with Gasteiger partial charge in [0, 0.05) is 19.3 Å². The molecule has 0 aliphatic rings. The zero-order valence-electron chi connectivity index (χ0n) is 9.72. The third-order valence-electron chi connectivity index (χ3n) is 2.11. The average Bonchev–Trinajstić information content (AvgIpc) is 2.22. The summed E-state index contributed by atoms with van der Waals surface area (Å²) in [7, 11) is 0. The molecule has 8 heteroatoms. The molecule has 0 aromatic carbocycles. The highest BCUT2D eigenvalue weighted by Gasteiger charge is 2.20. The van der Waals surface area contributed by atoms with Crippen LogP contribution in [0.3, 0.4) is 0 Å². The number of carbonyl (C=O) groups is 4. The fourth-order valence-electron chi connectivity index (χ4n) is 1.21. The van der Waals surface area contributed by atoms with E-state index < -0.39 is 29.8 Å². The van der Waals surface area contributed by atoms with Gasteiger partial charge in [-0.05, 0) is 12.8 Å². The molecule has 0 saturated carbocycles. The van der Waals surface area contributed by atoms with Gasteiger partial charge in [0.15, 0.2) is 0 Å². The molecule has 5 N–H and O–H groups in total. The molecular formula is C10H16N2O6. The Morgan fingerprint density at radius 1 is 1.06 bits per heavy atom. The molecule has 0 aromatic heterocycles. The highest BCUT2D eigenvalue weighted by atomic mass is 16.4. The van der Waals surface area contributed by atoms with Crippen molar-refractivity contribution in [3.8, 4) is 0 Å². The van der Waals surface area contributed by atoms with Crippen molar-refractivity contribution in [1.29, 1.82) is 0 Å². The molecule has 0 rings (SSSR count). The SMILES string of the molecule is NC(=O)CCCC(=O)NC(CCC(=O)O)C(=O)O. The van der Waals surface area contributed by atoms with Gasteiger partial charge in [0.25, 0.3) is 0 Å². The second-order valence-electron chi connectivity index (χ2n) is 3.71. The molecule has 102 valence electrons. The second-order valence-corrected chi connectivity index (χ2v) is 3.71. The number of carbonyl (C=O) groups excluding carboxylic acids is 2. The number of hydrogen-bond acceptors (Lipinski definition) is 4. The maximum absolute atomic E-state index is 11.3. The van der Waals surface area contributed by atoms with Crippen LogP contribution in [0.25, 0.3) is 0 Å². The fourth-order valence-corrected chi connectivity index (χ4v) is 1.21. The first-order chi connectivity index (χ1) is 8.32. The maximum atomic E-state index is 11.3. The number of rotatable bonds is 9. The van der Waals surface area contributed by atoms with E-state index in [0.29, 0.717) is 0 Å². The van der Waals surface area contributed by atoms with E-state index in [1.54, 1.807) is 0 Å². The smallest absolute Gasteiger partial charge is 0.326 e. The largest absolute Gasteiger partial charge is 0.481 e. The number of carboxylic acid groups (broad SMARTS) is 2. The minimum absolute atomic E-state index is 0.0280. The third-order valence-corrected chi connectivity index (χ3v) is 2.11. The van der Waals surface area contributed by atoms with Crippen LogP contribution in [0.15, 0.2) is 0 Å². The van der Waals surface area contributed by atoms with Gasteiger partial charge < -0.3 is 21.3 Å². The van der Waals surface area contributed by atoms with Crippen molar-refractivity contribution in [2.75, 3.05) is 0 Å². The molecule has 0 aliphatic carbocycles. The van der Waals surface area contributed by atoms with E-state index in [1.165, 1.54) is 0 Å². The standard InChI is InChI=1S/C10H16N2O6/c11-7(13)2-1-3-8(14)12-6(10(17)18)4-5-9(15)16/h6H,1-5H2,(H2,11,13)(H,12,14)(H,15,16)(H,17,18). The Balaban J connectivity index is 4.07. The summed E-state index contributed by atoms with van der Waals surface area (Å²) < 4.78 is 0. The Bertz CT molecular complexity index is 341. The van der Waals surface area contributed by atoms with Gasteiger partial charge in [-0.1, -0.05) is 0 Å². The molecule has 8 nitrogen and oxygen atoms in total. The summed E-state index contributed by atoms with van der Waals surface area (Å²) in [5.41, 5.74) is 4.88. The van der Waals surface area contributed by atoms with Crippen LogP contribution in [-0.2, 0) is 19.2 Å². The van der Waals surface area contributed by atoms with Crippen LogP contribution < -0.4 is 11.1 Å². The van der Waals surface area contributed by atoms with Gasteiger partial charge >= 0.3 is 11.9 Å². The van der Waals surface area contributed by atoms with Crippen LogP contribution in [0.1, 0.15) is 32.1 Å². The quantitative estimate of drug-likeness (QED) is 0.421. The van der Waals surface area contributed by atoms with E-state index in [9.17, 15) is 19.2 Å². The summed E-state index contributed by atoms with van der Waals surface area (Å²) in [6.07, 6.45) is -0.294. The Kier molecular flexibility index (Phi) is 7.10. The van der Waals surface area contributed by atoms with Crippen LogP contribution in [0.2, 0.25) is 0 Å². The summed E-state index contributed by atoms with van der Waals surface area (Å²) >= 11 is 0. The maximum Gasteiger partial charge on any atom is 0.326 e. The monoisotopic (exact) mass is 260 g/mol. The predicted octanol–water partition coefficient (Wildman–Crippen LogP) is -0.924. The van der Waals surface area contributed by atoms with Crippen LogP contribution in [0.4, 0.5) is 0 Å². The number of nitrogens with two attached hydrogens (primary N) is 1. The van der Waals surface area contributed by atoms with Crippen LogP contribution in [0.5, 0.6) is 0 Å². The molecule has 0 spiro atoms. The molecule has 2 amide bonds. The van der Waals surface area contributed by atoms with E-state index in [1.807, 2.05) is 0 Å². The lowest BCUT2D eigenvalue weighted by atomic mass is 10.1. The average molecular weight is 260 g/mol. The van der Waals surface area contributed by atoms with E-state index in [4.69, 9.17) is 15.9 Å². The van der Waals surface area contributed by atoms with Crippen LogP contribution >= 0.6 is 0 Å². The number of nitrogens with one attached hydrogen (secondary N) is 1. The van der Waals surface area contributed by atoms with Gasteiger partial charge in [0.1, 0.15) is 6.04 Å². The number of hydrogen-bond donors (Lipinski definition) is 4. The highest BCUT2D eigenvalue weighted by molar-refractivity contribution is 5.84. The van der Waals surface area contributed by atoms with Crippen molar-refractivity contribution in [3.05, 3.63) is 0 Å². The minimum Gasteiger partial charge on any atom is -0.481 e. The molecule has 0 aromatic rings. The Labute approximate surface area is 103 Å². The van der Waals surface area contributed by atoms with Crippen molar-refractivity contribution in [2.24, 2.45) is 5.73 Å². The first kappa shape index (κ1) is 15.9. The lowest BCUT2D eigenvalue weighted by Crippen LogP contribution is -2.41. The topological polar surface area (TPSA) is 147 Å². The summed E-state index contributed by atoms with van der Waals surface area (Å²) in [5.74, 6) is -3.51. The minimum atomic E-state index is -1.29. The summed E-state index contributed by atoms with van der Waals surface area (Å²) in [5, 5.41) is 19.4. The normalized spacial score (nSPS) is 11.6. The molecule has 0 saturated heterocycles. The first-order valence-corrected chi connectivity index (χ1v) is 5.35. The molecule has 0 radical (unpaired) electrons. The lowest BCUT2D eigenvalue weighted by molar-refractivity contribution is -0.143. The predicted molar refractivity (Wildman–Crippen MR) is 59.5 cm³/mol. The van der Waals surface area contributed by atoms with Gasteiger partial charge in [-0.25, -0.2) is 4.79 Å². The van der Waals surface area contributed by atoms with Gasteiger partial charge in [-0.3, -0.25) is 14.4 Å². The highest BCUT2D eigenvalue weighted by Crippen LogP contribution is 2.01. The van der Waals surface area contributed by atoms with Gasteiger partial charge in [-0.15, -0.1) is 0 Å². The van der Waals surface area contributed by atoms with Gasteiger partial charge in [-0.2, -0.15) is 0 Å². The third kappa shape index (κ3) is 8.08. The van der Waals surface area contributed by atoms with Crippen molar-refractivity contribution in [2.45, 2.75) is 38.1 Å². The second kappa shape index (κ2) is 8.04. The molecule has 0 bridgehead atoms. The Morgan fingerprint density at radius 3 is 2.11 bits per heavy atom. The number of amides is 2. The van der Waals surface area contributed by atoms with Crippen molar-refractivity contribution < 1.29 is 29.4 Å². The lowest BCUT2D eigenvalue weighted by Gasteiger charge is -2.13. The van der Waals surface area contributed by atoms with Crippen molar-refractivity contribution in [1.82, 2.24) is 5.32 Å². The van der Waals surface area contributed by atoms with E-state index in [0.717, 1.165) is 0 Å². The van der Waals surface area contributed by atoms with Crippen LogP contribution in [0, 0.1) is 0 Å². The Hall–Kier alpha value is -2.12. The molecular weight excluding hydrogens is 244 g/mol. The summed E-state index contributed by atoms with van der Waals surface area (Å²) in [6.45, 7) is 0. The number of primary amides is 1. The van der Waals surface area contributed by atoms with Crippen molar-refractivity contribution >= 4 is 23.8 Å². The van der Waals surface area contributed by atoms with Gasteiger partial charge in [0.2, 0.25) is 11.8 Å². The first-order valence-electron chi connectivity index (χ1n) is 5.35. The van der Waals surface area contributed by atoms with E-state index in [-0.39, 0.29) is 32.1 Å². The molecule has 0 heterocycles. The molecule has 0 aliphatic heterocycles. The van der Waals surface area contributed by atoms with E-state index in [2.05, 4.69) is 5.32 Å². The molecule has 1 unspecified atom stereocenters. The zero-order chi connectivity index (χ0) is 14.1. The molecule has 1 atom stereocenters. The summed E-state index contributed by atoms with van der Waals surface area (Å²) in [4.78, 5) is 42.8. The van der Waals surface area contributed by atoms with Crippen molar-refractivity contribution in [3.63, 3.8) is 0 Å². The Morgan fingerprint density at radius 2 is 1.67 bits per heavy atom. The number of aliphatic carboxylic acids is 2. The zero-order valence-corrected chi connectivity index (χ0v) is 9.72. The fraction of sp³-hybridized carbons (Fsp3) is 0.600. The molecule has 18 heavy (non-hydrogen) atoms. The van der Waals surface area contributed by atoms with Gasteiger partial charge in [0.05, 0.1) is 0 Å². The summed E-state index contributed by atoms with van der Waals surface area (Å²) in [6, 6.07) is -1.23. The van der Waals surface area contributed by atoms with E-state index >= 15 is 0 Å². The number of carboxylic acids is 2.